The molecular formula is C8H12N2. The highest BCUT2D eigenvalue weighted by Crippen LogP contribution is 2.22. The van der Waals surface area contributed by atoms with Crippen LogP contribution in [0.1, 0.15) is 6.92 Å². The number of nitrogens with one attached hydrogen (secondary N) is 1. The Kier molecular flexibility index (Phi) is 1.19. The van der Waals surface area contributed by atoms with E-state index in [4.69, 9.17) is 0 Å². The van der Waals surface area contributed by atoms with Crippen molar-refractivity contribution < 1.29 is 0 Å². The quantitative estimate of drug-likeness (QED) is 0.619. The smallest absolute Gasteiger partial charge is 0.0543 e. The highest BCUT2D eigenvalue weighted by Gasteiger charge is 2.22. The number of aromatic amines is 1. The molecule has 0 bridgehead atoms. The van der Waals surface area contributed by atoms with E-state index >= 15 is 0 Å². The monoisotopic (exact) mass is 136 g/mol. The van der Waals surface area contributed by atoms with Gasteiger partial charge in [-0.1, -0.05) is 6.92 Å². The van der Waals surface area contributed by atoms with Crippen molar-refractivity contribution in [2.45, 2.75) is 6.92 Å². The lowest BCUT2D eigenvalue weighted by atomic mass is 10.0. The molecule has 0 aromatic carbocycles. The molecule has 0 amide bonds. The lowest BCUT2D eigenvalue weighted by molar-refractivity contribution is 0.447. The van der Waals surface area contributed by atoms with Gasteiger partial charge in [0, 0.05) is 25.5 Å². The first-order valence-electron chi connectivity index (χ1n) is 3.74. The van der Waals surface area contributed by atoms with Crippen LogP contribution in [-0.4, -0.2) is 18.1 Å². The van der Waals surface area contributed by atoms with E-state index in [9.17, 15) is 0 Å². The van der Waals surface area contributed by atoms with Crippen LogP contribution in [-0.2, 0) is 0 Å². The van der Waals surface area contributed by atoms with Crippen molar-refractivity contribution in [3.05, 3.63) is 18.5 Å². The molecule has 1 saturated heterocycles. The molecular weight excluding hydrogens is 124 g/mol. The number of aromatic nitrogens is 1. The average Bonchev–Trinajstić information content (AvgIpc) is 2.31. The summed E-state index contributed by atoms with van der Waals surface area (Å²) in [5, 5.41) is 0. The zero-order valence-corrected chi connectivity index (χ0v) is 6.17. The summed E-state index contributed by atoms with van der Waals surface area (Å²) in [5.74, 6) is 0.884. The van der Waals surface area contributed by atoms with Crippen LogP contribution >= 0.6 is 0 Å². The first kappa shape index (κ1) is 5.83. The van der Waals surface area contributed by atoms with Crippen LogP contribution in [0.5, 0.6) is 0 Å². The fraction of sp³-hybridized carbons (Fsp3) is 0.500. The van der Waals surface area contributed by atoms with Crippen molar-refractivity contribution in [1.82, 2.24) is 4.98 Å². The van der Waals surface area contributed by atoms with E-state index in [0.717, 1.165) is 5.92 Å². The highest BCUT2D eigenvalue weighted by atomic mass is 15.2. The maximum absolute atomic E-state index is 3.05. The van der Waals surface area contributed by atoms with Crippen LogP contribution in [0.15, 0.2) is 18.5 Å². The molecule has 1 aromatic heterocycles. The average molecular weight is 136 g/mol. The Balaban J connectivity index is 2.04. The molecule has 0 atom stereocenters. The first-order chi connectivity index (χ1) is 4.86. The molecule has 2 heteroatoms. The summed E-state index contributed by atoms with van der Waals surface area (Å²) in [6, 6.07) is 2.12. The van der Waals surface area contributed by atoms with Gasteiger partial charge in [0.1, 0.15) is 0 Å². The van der Waals surface area contributed by atoms with Crippen LogP contribution in [0.2, 0.25) is 0 Å². The number of hydrogen-bond acceptors (Lipinski definition) is 1. The third-order valence-corrected chi connectivity index (χ3v) is 2.01. The second-order valence-corrected chi connectivity index (χ2v) is 3.08. The molecule has 1 fully saturated rings. The van der Waals surface area contributed by atoms with Gasteiger partial charge in [0.25, 0.3) is 0 Å². The molecule has 0 radical (unpaired) electrons. The Bertz CT molecular complexity index is 197. The molecule has 0 unspecified atom stereocenters. The molecule has 0 spiro atoms. The molecule has 0 aliphatic carbocycles. The van der Waals surface area contributed by atoms with E-state index in [1.54, 1.807) is 0 Å². The zero-order valence-electron chi connectivity index (χ0n) is 6.17. The molecule has 0 saturated carbocycles. The fourth-order valence-electron chi connectivity index (χ4n) is 1.42. The molecule has 2 nitrogen and oxygen atoms in total. The molecule has 2 rings (SSSR count). The van der Waals surface area contributed by atoms with E-state index in [1.807, 2.05) is 12.4 Å². The zero-order chi connectivity index (χ0) is 6.97. The second kappa shape index (κ2) is 2.04. The maximum Gasteiger partial charge on any atom is 0.0543 e. The molecule has 1 aliphatic rings. The number of hydrogen-bond donors (Lipinski definition) is 1. The fourth-order valence-corrected chi connectivity index (χ4v) is 1.42. The number of nitrogens with zero attached hydrogens (tertiary/aromatic N) is 1. The standard InChI is InChI=1S/C8H12N2/c1-7-5-10(6-7)8-2-3-9-4-8/h2-4,7,9H,5-6H2,1H3. The van der Waals surface area contributed by atoms with Gasteiger partial charge in [0.15, 0.2) is 0 Å². The Labute approximate surface area is 60.9 Å². The van der Waals surface area contributed by atoms with Crippen LogP contribution in [0.4, 0.5) is 5.69 Å². The van der Waals surface area contributed by atoms with Crippen molar-refractivity contribution in [3.63, 3.8) is 0 Å². The van der Waals surface area contributed by atoms with E-state index in [1.165, 1.54) is 18.8 Å². The largest absolute Gasteiger partial charge is 0.370 e. The topological polar surface area (TPSA) is 19.0 Å². The molecule has 1 N–H and O–H groups in total. The van der Waals surface area contributed by atoms with Crippen molar-refractivity contribution in [2.75, 3.05) is 18.0 Å². The molecule has 1 aliphatic heterocycles. The molecule has 1 aromatic rings. The van der Waals surface area contributed by atoms with Crippen molar-refractivity contribution in [1.29, 1.82) is 0 Å². The van der Waals surface area contributed by atoms with Crippen LogP contribution in [0, 0.1) is 5.92 Å². The van der Waals surface area contributed by atoms with E-state index in [-0.39, 0.29) is 0 Å². The highest BCUT2D eigenvalue weighted by molar-refractivity contribution is 5.46. The third-order valence-electron chi connectivity index (χ3n) is 2.01. The van der Waals surface area contributed by atoms with E-state index < -0.39 is 0 Å². The minimum absolute atomic E-state index is 0.884. The lowest BCUT2D eigenvalue weighted by Gasteiger charge is -2.38. The Morgan fingerprint density at radius 2 is 2.40 bits per heavy atom. The summed E-state index contributed by atoms with van der Waals surface area (Å²) in [5.41, 5.74) is 1.33. The minimum atomic E-state index is 0.884. The van der Waals surface area contributed by atoms with Crippen LogP contribution in [0.25, 0.3) is 0 Å². The predicted octanol–water partition coefficient (Wildman–Crippen LogP) is 1.47. The van der Waals surface area contributed by atoms with Gasteiger partial charge in [-0.05, 0) is 12.0 Å². The summed E-state index contributed by atoms with van der Waals surface area (Å²) in [6.45, 7) is 4.72. The van der Waals surface area contributed by atoms with Gasteiger partial charge in [0.2, 0.25) is 0 Å². The van der Waals surface area contributed by atoms with E-state index in [0.29, 0.717) is 0 Å². The van der Waals surface area contributed by atoms with Gasteiger partial charge in [0.05, 0.1) is 5.69 Å². The maximum atomic E-state index is 3.05. The summed E-state index contributed by atoms with van der Waals surface area (Å²) in [4.78, 5) is 5.43. The summed E-state index contributed by atoms with van der Waals surface area (Å²) in [7, 11) is 0. The van der Waals surface area contributed by atoms with E-state index in [2.05, 4.69) is 22.9 Å². The Hall–Kier alpha value is -0.920. The second-order valence-electron chi connectivity index (χ2n) is 3.08. The van der Waals surface area contributed by atoms with Crippen LogP contribution < -0.4 is 4.90 Å². The summed E-state index contributed by atoms with van der Waals surface area (Å²) >= 11 is 0. The minimum Gasteiger partial charge on any atom is -0.370 e. The van der Waals surface area contributed by atoms with Gasteiger partial charge < -0.3 is 9.88 Å². The summed E-state index contributed by atoms with van der Waals surface area (Å²) < 4.78 is 0. The molecule has 2 heterocycles. The van der Waals surface area contributed by atoms with Crippen molar-refractivity contribution in [2.24, 2.45) is 5.92 Å². The number of rotatable bonds is 1. The van der Waals surface area contributed by atoms with Gasteiger partial charge in [-0.25, -0.2) is 0 Å². The van der Waals surface area contributed by atoms with Gasteiger partial charge in [-0.3, -0.25) is 0 Å². The molecule has 54 valence electrons. The summed E-state index contributed by atoms with van der Waals surface area (Å²) in [6.07, 6.45) is 4.02. The van der Waals surface area contributed by atoms with Gasteiger partial charge in [-0.15, -0.1) is 0 Å². The molecule has 10 heavy (non-hydrogen) atoms. The van der Waals surface area contributed by atoms with Gasteiger partial charge >= 0.3 is 0 Å². The van der Waals surface area contributed by atoms with Crippen molar-refractivity contribution >= 4 is 5.69 Å². The Morgan fingerprint density at radius 1 is 1.60 bits per heavy atom. The van der Waals surface area contributed by atoms with Crippen molar-refractivity contribution in [3.8, 4) is 0 Å². The number of H-pyrrole nitrogens is 1. The first-order valence-corrected chi connectivity index (χ1v) is 3.74. The SMILES string of the molecule is CC1CN(c2cc[nH]c2)C1. The normalized spacial score (nSPS) is 19.1. The third kappa shape index (κ3) is 0.801. The Morgan fingerprint density at radius 3 is 2.90 bits per heavy atom. The number of anilines is 1. The lowest BCUT2D eigenvalue weighted by Crippen LogP contribution is -2.44. The van der Waals surface area contributed by atoms with Crippen LogP contribution in [0.3, 0.4) is 0 Å². The predicted molar refractivity (Wildman–Crippen MR) is 42.2 cm³/mol. The van der Waals surface area contributed by atoms with Gasteiger partial charge in [-0.2, -0.15) is 0 Å².